The topological polar surface area (TPSA) is 94.6 Å². The number of esters is 1. The van der Waals surface area contributed by atoms with Gasteiger partial charge in [-0.25, -0.2) is 4.79 Å². The van der Waals surface area contributed by atoms with Crippen LogP contribution in [0.2, 0.25) is 0 Å². The van der Waals surface area contributed by atoms with Gasteiger partial charge in [-0.2, -0.15) is 5.48 Å². The minimum Gasteiger partial charge on any atom is -0.469 e. The van der Waals surface area contributed by atoms with Crippen molar-refractivity contribution in [2.75, 3.05) is 7.11 Å². The van der Waals surface area contributed by atoms with Gasteiger partial charge in [0.15, 0.2) is 0 Å². The third-order valence-electron chi connectivity index (χ3n) is 2.19. The van der Waals surface area contributed by atoms with Crippen molar-refractivity contribution in [2.45, 2.75) is 19.3 Å². The monoisotopic (exact) mass is 266 g/mol. The van der Waals surface area contributed by atoms with Crippen LogP contribution in [0.25, 0.3) is 0 Å². The number of hydrogen-bond donors (Lipinski definition) is 1. The Morgan fingerprint density at radius 2 is 1.79 bits per heavy atom. The zero-order valence-corrected chi connectivity index (χ0v) is 10.4. The maximum absolute atomic E-state index is 11.5. The molecule has 0 radical (unpaired) electrons. The number of pyridine rings is 1. The Hall–Kier alpha value is -2.44. The van der Waals surface area contributed by atoms with Crippen molar-refractivity contribution in [3.8, 4) is 0 Å². The molecule has 0 spiro atoms. The van der Waals surface area contributed by atoms with Gasteiger partial charge in [0.2, 0.25) is 0 Å². The van der Waals surface area contributed by atoms with Gasteiger partial charge in [0.25, 0.3) is 5.91 Å². The number of methoxy groups -OCH3 is 1. The lowest BCUT2D eigenvalue weighted by atomic mass is 10.2. The molecule has 0 saturated carbocycles. The van der Waals surface area contributed by atoms with Crippen molar-refractivity contribution in [3.05, 3.63) is 30.1 Å². The predicted octanol–water partition coefficient (Wildman–Crippen LogP) is 0.613. The first-order valence-electron chi connectivity index (χ1n) is 5.60. The van der Waals surface area contributed by atoms with Crippen LogP contribution in [0.3, 0.4) is 0 Å². The smallest absolute Gasteiger partial charge is 0.332 e. The van der Waals surface area contributed by atoms with Crippen LogP contribution in [0.15, 0.2) is 24.5 Å². The summed E-state index contributed by atoms with van der Waals surface area (Å²) in [5.74, 6) is -1.55. The van der Waals surface area contributed by atoms with E-state index in [1.54, 1.807) is 0 Å². The molecular formula is C12H14N2O5. The molecular weight excluding hydrogens is 252 g/mol. The van der Waals surface area contributed by atoms with Crippen molar-refractivity contribution in [3.63, 3.8) is 0 Å². The van der Waals surface area contributed by atoms with Crippen molar-refractivity contribution in [1.29, 1.82) is 0 Å². The van der Waals surface area contributed by atoms with Crippen LogP contribution in [0.4, 0.5) is 0 Å². The van der Waals surface area contributed by atoms with E-state index in [0.717, 1.165) is 0 Å². The highest BCUT2D eigenvalue weighted by molar-refractivity contribution is 5.93. The number of amides is 1. The second-order valence-corrected chi connectivity index (χ2v) is 3.57. The summed E-state index contributed by atoms with van der Waals surface area (Å²) in [6, 6.07) is 2.97. The van der Waals surface area contributed by atoms with Crippen LogP contribution in [-0.2, 0) is 19.2 Å². The second-order valence-electron chi connectivity index (χ2n) is 3.57. The van der Waals surface area contributed by atoms with Gasteiger partial charge in [-0.05, 0) is 18.6 Å². The van der Waals surface area contributed by atoms with Crippen LogP contribution in [-0.4, -0.2) is 29.9 Å². The molecule has 0 atom stereocenters. The summed E-state index contributed by atoms with van der Waals surface area (Å²) in [7, 11) is 1.27. The van der Waals surface area contributed by atoms with E-state index in [0.29, 0.717) is 12.0 Å². The minimum atomic E-state index is -0.619. The molecule has 0 aromatic carbocycles. The largest absolute Gasteiger partial charge is 0.469 e. The molecule has 1 amide bonds. The molecule has 102 valence electrons. The second kappa shape index (κ2) is 7.80. The predicted molar refractivity (Wildman–Crippen MR) is 63.7 cm³/mol. The van der Waals surface area contributed by atoms with E-state index in [2.05, 4.69) is 14.6 Å². The van der Waals surface area contributed by atoms with E-state index >= 15 is 0 Å². The zero-order valence-electron chi connectivity index (χ0n) is 10.4. The molecule has 1 aromatic rings. The number of carbonyl (C=O) groups is 3. The van der Waals surface area contributed by atoms with Gasteiger partial charge in [0, 0.05) is 30.8 Å². The Bertz CT molecular complexity index is 447. The summed E-state index contributed by atoms with van der Waals surface area (Å²) in [5.41, 5.74) is 2.35. The summed E-state index contributed by atoms with van der Waals surface area (Å²) >= 11 is 0. The van der Waals surface area contributed by atoms with E-state index in [1.807, 2.05) is 5.48 Å². The molecule has 0 unspecified atom stereocenters. The lowest BCUT2D eigenvalue weighted by Crippen LogP contribution is -2.27. The molecule has 1 N–H and O–H groups in total. The fourth-order valence-corrected chi connectivity index (χ4v) is 1.20. The fraction of sp³-hybridized carbons (Fsp3) is 0.333. The highest BCUT2D eigenvalue weighted by atomic mass is 16.7. The summed E-state index contributed by atoms with van der Waals surface area (Å²) in [6.45, 7) is 0. The van der Waals surface area contributed by atoms with Gasteiger partial charge in [-0.3, -0.25) is 14.6 Å². The molecule has 0 aliphatic rings. The molecule has 19 heavy (non-hydrogen) atoms. The standard InChI is InChI=1S/C12H14N2O5/c1-18-10(15)3-2-4-11(16)19-14-12(17)9-5-7-13-8-6-9/h5-8H,2-4H2,1H3,(H,14,17). The molecule has 1 rings (SSSR count). The van der Waals surface area contributed by atoms with Crippen LogP contribution in [0, 0.1) is 0 Å². The molecule has 0 bridgehead atoms. The summed E-state index contributed by atoms with van der Waals surface area (Å²) in [5, 5.41) is 0. The molecule has 0 saturated heterocycles. The SMILES string of the molecule is COC(=O)CCCC(=O)ONC(=O)c1ccncc1. The number of ether oxygens (including phenoxy) is 1. The summed E-state index contributed by atoms with van der Waals surface area (Å²) < 4.78 is 4.42. The number of aromatic nitrogens is 1. The minimum absolute atomic E-state index is 0.0196. The Balaban J connectivity index is 2.23. The van der Waals surface area contributed by atoms with Crippen LogP contribution in [0.1, 0.15) is 29.6 Å². The third-order valence-corrected chi connectivity index (χ3v) is 2.19. The molecule has 7 heteroatoms. The first-order valence-corrected chi connectivity index (χ1v) is 5.60. The first kappa shape index (κ1) is 14.6. The molecule has 7 nitrogen and oxygen atoms in total. The van der Waals surface area contributed by atoms with Crippen LogP contribution in [0.5, 0.6) is 0 Å². The van der Waals surface area contributed by atoms with Gasteiger partial charge >= 0.3 is 11.9 Å². The van der Waals surface area contributed by atoms with E-state index in [4.69, 9.17) is 0 Å². The third kappa shape index (κ3) is 5.62. The Morgan fingerprint density at radius 3 is 2.42 bits per heavy atom. The van der Waals surface area contributed by atoms with E-state index in [-0.39, 0.29) is 12.8 Å². The normalized spacial score (nSPS) is 9.53. The van der Waals surface area contributed by atoms with Gasteiger partial charge in [0.1, 0.15) is 0 Å². The number of carbonyl (C=O) groups excluding carboxylic acids is 3. The quantitative estimate of drug-likeness (QED) is 0.620. The molecule has 0 fully saturated rings. The highest BCUT2D eigenvalue weighted by Gasteiger charge is 2.09. The zero-order chi connectivity index (χ0) is 14.1. The Labute approximate surface area is 109 Å². The molecule has 1 aromatic heterocycles. The van der Waals surface area contributed by atoms with Gasteiger partial charge in [-0.15, -0.1) is 0 Å². The Morgan fingerprint density at radius 1 is 1.16 bits per heavy atom. The number of nitrogens with one attached hydrogen (secondary N) is 1. The van der Waals surface area contributed by atoms with Gasteiger partial charge in [-0.1, -0.05) is 0 Å². The Kier molecular flexibility index (Phi) is 6.00. The van der Waals surface area contributed by atoms with Crippen molar-refractivity contribution in [1.82, 2.24) is 10.5 Å². The molecule has 0 aliphatic heterocycles. The van der Waals surface area contributed by atoms with E-state index in [9.17, 15) is 14.4 Å². The van der Waals surface area contributed by atoms with Crippen LogP contribution >= 0.6 is 0 Å². The van der Waals surface area contributed by atoms with E-state index < -0.39 is 17.8 Å². The van der Waals surface area contributed by atoms with E-state index in [1.165, 1.54) is 31.6 Å². The average Bonchev–Trinajstić information content (AvgIpc) is 2.45. The van der Waals surface area contributed by atoms with Gasteiger partial charge in [0.05, 0.1) is 7.11 Å². The maximum Gasteiger partial charge on any atom is 0.332 e. The lowest BCUT2D eigenvalue weighted by Gasteiger charge is -2.05. The first-order chi connectivity index (χ1) is 9.13. The highest BCUT2D eigenvalue weighted by Crippen LogP contribution is 1.99. The number of rotatable bonds is 5. The van der Waals surface area contributed by atoms with Crippen LogP contribution < -0.4 is 5.48 Å². The average molecular weight is 266 g/mol. The number of nitrogens with zero attached hydrogens (tertiary/aromatic N) is 1. The number of hydroxylamine groups is 1. The molecule has 1 heterocycles. The van der Waals surface area contributed by atoms with Crippen molar-refractivity contribution >= 4 is 17.8 Å². The fourth-order valence-electron chi connectivity index (χ4n) is 1.20. The molecule has 0 aliphatic carbocycles. The van der Waals surface area contributed by atoms with Crippen molar-refractivity contribution < 1.29 is 24.0 Å². The van der Waals surface area contributed by atoms with Crippen molar-refractivity contribution in [2.24, 2.45) is 0 Å². The van der Waals surface area contributed by atoms with Gasteiger partial charge < -0.3 is 9.57 Å². The summed E-state index contributed by atoms with van der Waals surface area (Å²) in [4.78, 5) is 41.8. The lowest BCUT2D eigenvalue weighted by molar-refractivity contribution is -0.149. The maximum atomic E-state index is 11.5. The summed E-state index contributed by atoms with van der Waals surface area (Å²) in [6.07, 6.45) is 3.35. The number of hydrogen-bond acceptors (Lipinski definition) is 6.